The number of benzene rings is 1. The molecule has 2 saturated heterocycles. The van der Waals surface area contributed by atoms with Crippen molar-refractivity contribution in [3.05, 3.63) is 47.4 Å². The number of carbonyl (C=O) groups excluding carboxylic acids is 1. The molecule has 0 atom stereocenters. The van der Waals surface area contributed by atoms with Crippen LogP contribution in [0.2, 0.25) is 0 Å². The van der Waals surface area contributed by atoms with E-state index in [-0.39, 0.29) is 22.6 Å². The van der Waals surface area contributed by atoms with Crippen LogP contribution >= 0.6 is 0 Å². The molecule has 6 rings (SSSR count). The van der Waals surface area contributed by atoms with Gasteiger partial charge in [-0.05, 0) is 58.4 Å². The van der Waals surface area contributed by atoms with Gasteiger partial charge in [-0.15, -0.1) is 0 Å². The Labute approximate surface area is 262 Å². The monoisotopic (exact) mass is 637 g/mol. The molecule has 1 amide bonds. The van der Waals surface area contributed by atoms with Gasteiger partial charge in [0.2, 0.25) is 0 Å². The lowest BCUT2D eigenvalue weighted by Crippen LogP contribution is -2.66. The molecule has 14 heteroatoms. The first kappa shape index (κ1) is 30.8. The number of nitrogens with zero attached hydrogens (tertiary/aromatic N) is 7. The van der Waals surface area contributed by atoms with E-state index in [1.165, 1.54) is 7.11 Å². The molecule has 3 aromatic heterocycles. The number of hydrogen-bond acceptors (Lipinski definition) is 10. The van der Waals surface area contributed by atoms with E-state index in [0.717, 1.165) is 30.7 Å². The largest absolute Gasteiger partial charge is 0.495 e. The Morgan fingerprint density at radius 2 is 1.82 bits per heavy atom. The maximum atomic E-state index is 13.9. The fourth-order valence-corrected chi connectivity index (χ4v) is 6.80. The summed E-state index contributed by atoms with van der Waals surface area (Å²) in [4.78, 5) is 22.8. The number of amides is 1. The van der Waals surface area contributed by atoms with Crippen LogP contribution in [0, 0.1) is 19.3 Å². The zero-order valence-corrected chi connectivity index (χ0v) is 27.7. The van der Waals surface area contributed by atoms with Crippen molar-refractivity contribution in [1.82, 2.24) is 24.4 Å². The lowest BCUT2D eigenvalue weighted by molar-refractivity contribution is -0.127. The molecule has 45 heavy (non-hydrogen) atoms. The lowest BCUT2D eigenvalue weighted by atomic mass is 9.78. The Morgan fingerprint density at radius 1 is 1.11 bits per heavy atom. The van der Waals surface area contributed by atoms with Crippen LogP contribution in [0.1, 0.15) is 37.9 Å². The summed E-state index contributed by atoms with van der Waals surface area (Å²) in [5, 5.41) is 9.33. The third-order valence-electron chi connectivity index (χ3n) is 8.09. The van der Waals surface area contributed by atoms with Crippen LogP contribution in [0.25, 0.3) is 16.8 Å². The van der Waals surface area contributed by atoms with Gasteiger partial charge in [-0.2, -0.15) is 14.7 Å². The Kier molecular flexibility index (Phi) is 7.35. The molecule has 1 spiro atoms. The van der Waals surface area contributed by atoms with Crippen molar-refractivity contribution in [3.63, 3.8) is 0 Å². The number of aromatic nitrogens is 5. The van der Waals surface area contributed by atoms with Gasteiger partial charge >= 0.3 is 6.09 Å². The molecule has 0 unspecified atom stereocenters. The second kappa shape index (κ2) is 10.7. The zero-order chi connectivity index (χ0) is 32.5. The molecule has 2 aliphatic heterocycles. The molecule has 13 nitrogen and oxygen atoms in total. The number of ether oxygens (including phenoxy) is 3. The first-order valence-electron chi connectivity index (χ1n) is 14.7. The van der Waals surface area contributed by atoms with Crippen LogP contribution in [0.5, 0.6) is 5.75 Å². The molecule has 2 fully saturated rings. The molecule has 0 radical (unpaired) electrons. The third-order valence-corrected chi connectivity index (χ3v) is 9.20. The highest BCUT2D eigenvalue weighted by molar-refractivity contribution is 7.90. The van der Waals surface area contributed by atoms with E-state index in [4.69, 9.17) is 24.3 Å². The fraction of sp³-hybridized carbons (Fsp3) is 0.484. The number of anilines is 2. The van der Waals surface area contributed by atoms with E-state index in [9.17, 15) is 13.2 Å². The zero-order valence-electron chi connectivity index (χ0n) is 26.9. The summed E-state index contributed by atoms with van der Waals surface area (Å²) in [7, 11) is -0.336. The summed E-state index contributed by atoms with van der Waals surface area (Å²) in [6.45, 7) is 12.3. The minimum absolute atomic E-state index is 0.0641. The SMILES string of the molecule is COc1ccc(-c2c(C)nn3c(N(Cc4cc(C)nn4C)C(=O)OC(C)(C)C)cc(N4CC5(COC5)C4)nc23)cc1S(C)(=O)=O. The van der Waals surface area contributed by atoms with Gasteiger partial charge in [-0.1, -0.05) is 6.07 Å². The van der Waals surface area contributed by atoms with Crippen LogP contribution in [0.15, 0.2) is 35.2 Å². The molecule has 4 aromatic rings. The number of fused-ring (bicyclic) bond motifs is 1. The Morgan fingerprint density at radius 3 is 2.38 bits per heavy atom. The van der Waals surface area contributed by atoms with E-state index in [2.05, 4.69) is 10.00 Å². The number of carbonyl (C=O) groups is 1. The van der Waals surface area contributed by atoms with Crippen LogP contribution in [0.3, 0.4) is 0 Å². The first-order chi connectivity index (χ1) is 21.1. The summed E-state index contributed by atoms with van der Waals surface area (Å²) in [5.41, 5.74) is 3.33. The summed E-state index contributed by atoms with van der Waals surface area (Å²) >= 11 is 0. The predicted octanol–water partition coefficient (Wildman–Crippen LogP) is 3.94. The third kappa shape index (κ3) is 5.72. The molecule has 1 aromatic carbocycles. The highest BCUT2D eigenvalue weighted by Gasteiger charge is 2.49. The normalized spacial score (nSPS) is 16.0. The maximum absolute atomic E-state index is 13.9. The van der Waals surface area contributed by atoms with Gasteiger partial charge in [-0.25, -0.2) is 18.2 Å². The standard InChI is InChI=1S/C31H39N7O6S/c1-19-11-22(35(6)33-19)14-37(29(39)44-30(3,4)5)26-13-25(36-15-31(16-36)17-43-18-31)32-28-27(20(2)34-38(26)28)21-9-10-23(42-7)24(12-21)45(8,40)41/h9-13H,14-18H2,1-8H3. The summed E-state index contributed by atoms with van der Waals surface area (Å²) in [6, 6.07) is 8.79. The van der Waals surface area contributed by atoms with Crippen LogP contribution in [-0.4, -0.2) is 84.2 Å². The second-order valence-electron chi connectivity index (χ2n) is 13.1. The number of methoxy groups -OCH3 is 1. The maximum Gasteiger partial charge on any atom is 0.416 e. The predicted molar refractivity (Wildman–Crippen MR) is 169 cm³/mol. The minimum Gasteiger partial charge on any atom is -0.495 e. The quantitative estimate of drug-likeness (QED) is 0.293. The first-order valence-corrected chi connectivity index (χ1v) is 16.6. The topological polar surface area (TPSA) is 133 Å². The van der Waals surface area contributed by atoms with Crippen molar-refractivity contribution in [1.29, 1.82) is 0 Å². The Bertz CT molecular complexity index is 1910. The van der Waals surface area contributed by atoms with E-state index < -0.39 is 21.5 Å². The fourth-order valence-electron chi connectivity index (χ4n) is 5.94. The Balaban J connectivity index is 1.56. The van der Waals surface area contributed by atoms with Gasteiger partial charge in [0.15, 0.2) is 15.5 Å². The van der Waals surface area contributed by atoms with E-state index >= 15 is 0 Å². The highest BCUT2D eigenvalue weighted by atomic mass is 32.2. The molecule has 0 aliphatic carbocycles. The summed E-state index contributed by atoms with van der Waals surface area (Å²) in [5.74, 6) is 1.38. The van der Waals surface area contributed by atoms with Crippen LogP contribution < -0.4 is 14.5 Å². The van der Waals surface area contributed by atoms with Gasteiger partial charge in [0, 0.05) is 38.0 Å². The van der Waals surface area contributed by atoms with E-state index in [1.54, 1.807) is 32.3 Å². The molecule has 0 N–H and O–H groups in total. The Hall–Kier alpha value is -4.17. The number of rotatable bonds is 7. The average Bonchev–Trinajstić information content (AvgIpc) is 3.39. The number of sulfone groups is 1. The highest BCUT2D eigenvalue weighted by Crippen LogP contribution is 2.42. The van der Waals surface area contributed by atoms with Gasteiger partial charge in [0.25, 0.3) is 0 Å². The number of aryl methyl sites for hydroxylation is 3. The van der Waals surface area contributed by atoms with Crippen molar-refractivity contribution < 1.29 is 27.4 Å². The summed E-state index contributed by atoms with van der Waals surface area (Å²) in [6.07, 6.45) is 0.597. The summed E-state index contributed by atoms with van der Waals surface area (Å²) < 4.78 is 45.5. The van der Waals surface area contributed by atoms with E-state index in [1.807, 2.05) is 53.8 Å². The average molecular weight is 638 g/mol. The van der Waals surface area contributed by atoms with Crippen molar-refractivity contribution >= 4 is 33.2 Å². The molecule has 2 aliphatic rings. The van der Waals surface area contributed by atoms with Crippen LogP contribution in [0.4, 0.5) is 16.4 Å². The molecule has 0 bridgehead atoms. The molecule has 240 valence electrons. The minimum atomic E-state index is -3.61. The second-order valence-corrected chi connectivity index (χ2v) is 15.1. The lowest BCUT2D eigenvalue weighted by Gasteiger charge is -2.55. The molecular formula is C31H39N7O6S. The molecule has 5 heterocycles. The molecular weight excluding hydrogens is 598 g/mol. The van der Waals surface area contributed by atoms with Crippen molar-refractivity contribution in [2.75, 3.05) is 49.5 Å². The van der Waals surface area contributed by atoms with Crippen molar-refractivity contribution in [2.24, 2.45) is 12.5 Å². The number of hydrogen-bond donors (Lipinski definition) is 0. The van der Waals surface area contributed by atoms with E-state index in [0.29, 0.717) is 47.3 Å². The molecule has 0 saturated carbocycles. The van der Waals surface area contributed by atoms with Gasteiger partial charge in [-0.3, -0.25) is 9.58 Å². The van der Waals surface area contributed by atoms with Gasteiger partial charge < -0.3 is 19.1 Å². The van der Waals surface area contributed by atoms with Gasteiger partial charge in [0.1, 0.15) is 27.9 Å². The smallest absolute Gasteiger partial charge is 0.416 e. The van der Waals surface area contributed by atoms with Crippen molar-refractivity contribution in [2.45, 2.75) is 51.7 Å². The van der Waals surface area contributed by atoms with Crippen LogP contribution in [-0.2, 0) is 32.9 Å². The van der Waals surface area contributed by atoms with Gasteiger partial charge in [0.05, 0.1) is 49.4 Å². The van der Waals surface area contributed by atoms with Crippen molar-refractivity contribution in [3.8, 4) is 16.9 Å².